The number of ether oxygens (including phenoxy) is 2. The molecule has 1 aromatic rings. The smallest absolute Gasteiger partial charge is 0.223 e. The van der Waals surface area contributed by atoms with Gasteiger partial charge < -0.3 is 14.8 Å². The number of nitrogens with one attached hydrogen (secondary N) is 1. The monoisotopic (exact) mass is 331 g/mol. The first kappa shape index (κ1) is 17.4. The molecule has 3 atom stereocenters. The van der Waals surface area contributed by atoms with E-state index in [4.69, 9.17) is 9.47 Å². The van der Waals surface area contributed by atoms with Crippen molar-refractivity contribution in [2.24, 2.45) is 11.8 Å². The highest BCUT2D eigenvalue weighted by atomic mass is 16.5. The highest BCUT2D eigenvalue weighted by molar-refractivity contribution is 5.79. The lowest BCUT2D eigenvalue weighted by molar-refractivity contribution is -0.129. The van der Waals surface area contributed by atoms with E-state index in [0.29, 0.717) is 12.5 Å². The largest absolute Gasteiger partial charge is 0.381 e. The first-order chi connectivity index (χ1) is 11.7. The Morgan fingerprint density at radius 2 is 1.96 bits per heavy atom. The Balaban J connectivity index is 1.48. The van der Waals surface area contributed by atoms with E-state index >= 15 is 0 Å². The third-order valence-corrected chi connectivity index (χ3v) is 5.47. The predicted octanol–water partition coefficient (Wildman–Crippen LogP) is 3.30. The van der Waals surface area contributed by atoms with E-state index in [-0.39, 0.29) is 24.0 Å². The molecule has 1 saturated heterocycles. The average Bonchev–Trinajstić information content (AvgIpc) is 3.08. The molecule has 1 aliphatic heterocycles. The minimum Gasteiger partial charge on any atom is -0.381 e. The molecule has 1 amide bonds. The summed E-state index contributed by atoms with van der Waals surface area (Å²) in [7, 11) is 0. The van der Waals surface area contributed by atoms with E-state index in [1.807, 2.05) is 18.2 Å². The van der Waals surface area contributed by atoms with Gasteiger partial charge in [-0.25, -0.2) is 0 Å². The Hall–Kier alpha value is -1.39. The van der Waals surface area contributed by atoms with Gasteiger partial charge in [0.25, 0.3) is 0 Å². The van der Waals surface area contributed by atoms with E-state index in [1.165, 1.54) is 5.56 Å². The fraction of sp³-hybridized carbons (Fsp3) is 0.650. The molecular formula is C20H29NO3. The van der Waals surface area contributed by atoms with Gasteiger partial charge in [0.2, 0.25) is 5.91 Å². The standard InChI is InChI=1S/C20H29NO3/c1-15(17-10-12-23-13-11-17)20(22)21-18-8-5-9-19(18)24-14-16-6-3-2-4-7-16/h2-4,6-7,15,17-19H,5,8-14H2,1H3,(H,21,22)/t15-,18+,19-/m0/s1. The number of hydrogen-bond acceptors (Lipinski definition) is 3. The Kier molecular flexibility index (Phi) is 6.27. The first-order valence-corrected chi connectivity index (χ1v) is 9.27. The number of carbonyl (C=O) groups excluding carboxylic acids is 1. The van der Waals surface area contributed by atoms with Crippen LogP contribution in [0.3, 0.4) is 0 Å². The zero-order valence-corrected chi connectivity index (χ0v) is 14.6. The molecule has 1 heterocycles. The maximum atomic E-state index is 12.6. The molecule has 4 heteroatoms. The van der Waals surface area contributed by atoms with Gasteiger partial charge in [0, 0.05) is 19.1 Å². The molecule has 24 heavy (non-hydrogen) atoms. The molecule has 1 saturated carbocycles. The average molecular weight is 331 g/mol. The van der Waals surface area contributed by atoms with Crippen LogP contribution in [0.25, 0.3) is 0 Å². The van der Waals surface area contributed by atoms with Crippen LogP contribution in [0.2, 0.25) is 0 Å². The van der Waals surface area contributed by atoms with Gasteiger partial charge in [-0.2, -0.15) is 0 Å². The van der Waals surface area contributed by atoms with Gasteiger partial charge in [0.1, 0.15) is 0 Å². The fourth-order valence-corrected chi connectivity index (χ4v) is 3.81. The van der Waals surface area contributed by atoms with Crippen LogP contribution in [0, 0.1) is 11.8 Å². The first-order valence-electron chi connectivity index (χ1n) is 9.27. The molecule has 4 nitrogen and oxygen atoms in total. The molecule has 3 rings (SSSR count). The Morgan fingerprint density at radius 3 is 2.71 bits per heavy atom. The van der Waals surface area contributed by atoms with Gasteiger partial charge in [-0.05, 0) is 43.6 Å². The van der Waals surface area contributed by atoms with Crippen LogP contribution in [0.5, 0.6) is 0 Å². The predicted molar refractivity (Wildman–Crippen MR) is 93.5 cm³/mol. The zero-order chi connectivity index (χ0) is 16.8. The molecule has 0 aromatic heterocycles. The molecule has 0 bridgehead atoms. The van der Waals surface area contributed by atoms with Crippen molar-refractivity contribution in [2.75, 3.05) is 13.2 Å². The van der Waals surface area contributed by atoms with Crippen molar-refractivity contribution in [3.05, 3.63) is 35.9 Å². The van der Waals surface area contributed by atoms with Gasteiger partial charge in [-0.1, -0.05) is 37.3 Å². The van der Waals surface area contributed by atoms with E-state index in [0.717, 1.165) is 45.3 Å². The quantitative estimate of drug-likeness (QED) is 0.870. The van der Waals surface area contributed by atoms with Crippen molar-refractivity contribution in [3.8, 4) is 0 Å². The van der Waals surface area contributed by atoms with Gasteiger partial charge >= 0.3 is 0 Å². The summed E-state index contributed by atoms with van der Waals surface area (Å²) in [6.07, 6.45) is 5.29. The van der Waals surface area contributed by atoms with Crippen LogP contribution in [0.15, 0.2) is 30.3 Å². The summed E-state index contributed by atoms with van der Waals surface area (Å²) in [6.45, 7) is 4.25. The van der Waals surface area contributed by atoms with Crippen molar-refractivity contribution < 1.29 is 14.3 Å². The lowest BCUT2D eigenvalue weighted by Gasteiger charge is -2.29. The van der Waals surface area contributed by atoms with Crippen molar-refractivity contribution >= 4 is 5.91 Å². The van der Waals surface area contributed by atoms with Crippen molar-refractivity contribution in [3.63, 3.8) is 0 Å². The van der Waals surface area contributed by atoms with Gasteiger partial charge in [0.05, 0.1) is 18.8 Å². The molecule has 0 spiro atoms. The zero-order valence-electron chi connectivity index (χ0n) is 14.6. The summed E-state index contributed by atoms with van der Waals surface area (Å²) in [5.41, 5.74) is 1.19. The number of amides is 1. The minimum atomic E-state index is 0.0595. The third kappa shape index (κ3) is 4.58. The summed E-state index contributed by atoms with van der Waals surface area (Å²) in [5, 5.41) is 3.26. The summed E-state index contributed by atoms with van der Waals surface area (Å²) in [5.74, 6) is 0.690. The summed E-state index contributed by atoms with van der Waals surface area (Å²) >= 11 is 0. The lowest BCUT2D eigenvalue weighted by Crippen LogP contribution is -2.45. The Morgan fingerprint density at radius 1 is 1.21 bits per heavy atom. The molecule has 2 fully saturated rings. The summed E-state index contributed by atoms with van der Waals surface area (Å²) in [4.78, 5) is 12.6. The van der Waals surface area contributed by atoms with Gasteiger partial charge in [0.15, 0.2) is 0 Å². The number of benzene rings is 1. The van der Waals surface area contributed by atoms with E-state index in [1.54, 1.807) is 0 Å². The fourth-order valence-electron chi connectivity index (χ4n) is 3.81. The van der Waals surface area contributed by atoms with Gasteiger partial charge in [-0.15, -0.1) is 0 Å². The Labute approximate surface area is 144 Å². The molecule has 1 N–H and O–H groups in total. The van der Waals surface area contributed by atoms with E-state index < -0.39 is 0 Å². The molecule has 1 aliphatic carbocycles. The summed E-state index contributed by atoms with van der Waals surface area (Å²) in [6, 6.07) is 10.4. The molecular weight excluding hydrogens is 302 g/mol. The normalized spacial score (nSPS) is 26.2. The van der Waals surface area contributed by atoms with Crippen LogP contribution in [-0.2, 0) is 20.9 Å². The highest BCUT2D eigenvalue weighted by Gasteiger charge is 2.32. The van der Waals surface area contributed by atoms with E-state index in [2.05, 4.69) is 24.4 Å². The highest BCUT2D eigenvalue weighted by Crippen LogP contribution is 2.27. The second-order valence-corrected chi connectivity index (χ2v) is 7.12. The molecule has 0 radical (unpaired) electrons. The Bertz CT molecular complexity index is 513. The van der Waals surface area contributed by atoms with Crippen LogP contribution in [0.1, 0.15) is 44.6 Å². The molecule has 132 valence electrons. The lowest BCUT2D eigenvalue weighted by atomic mass is 9.86. The molecule has 2 aliphatic rings. The second-order valence-electron chi connectivity index (χ2n) is 7.12. The number of rotatable bonds is 6. The van der Waals surface area contributed by atoms with Crippen LogP contribution in [-0.4, -0.2) is 31.3 Å². The van der Waals surface area contributed by atoms with Crippen LogP contribution >= 0.6 is 0 Å². The van der Waals surface area contributed by atoms with Gasteiger partial charge in [-0.3, -0.25) is 4.79 Å². The molecule has 1 aromatic carbocycles. The number of hydrogen-bond donors (Lipinski definition) is 1. The third-order valence-electron chi connectivity index (χ3n) is 5.47. The topological polar surface area (TPSA) is 47.6 Å². The maximum absolute atomic E-state index is 12.6. The molecule has 0 unspecified atom stereocenters. The summed E-state index contributed by atoms with van der Waals surface area (Å²) < 4.78 is 11.5. The van der Waals surface area contributed by atoms with Crippen LogP contribution < -0.4 is 5.32 Å². The van der Waals surface area contributed by atoms with Crippen molar-refractivity contribution in [1.82, 2.24) is 5.32 Å². The van der Waals surface area contributed by atoms with E-state index in [9.17, 15) is 4.79 Å². The minimum absolute atomic E-state index is 0.0595. The van der Waals surface area contributed by atoms with Crippen molar-refractivity contribution in [1.29, 1.82) is 0 Å². The second kappa shape index (κ2) is 8.63. The maximum Gasteiger partial charge on any atom is 0.223 e. The SMILES string of the molecule is C[C@H](C(=O)N[C@@H]1CCC[C@@H]1OCc1ccccc1)C1CCOCC1. The van der Waals surface area contributed by atoms with Crippen LogP contribution in [0.4, 0.5) is 0 Å². The number of carbonyl (C=O) groups is 1. The van der Waals surface area contributed by atoms with Crippen molar-refractivity contribution in [2.45, 2.75) is 57.8 Å².